The highest BCUT2D eigenvalue weighted by molar-refractivity contribution is 5.85. The molecule has 13 heavy (non-hydrogen) atoms. The van der Waals surface area contributed by atoms with Gasteiger partial charge >= 0.3 is 5.97 Å². The van der Waals surface area contributed by atoms with Crippen LogP contribution in [0.5, 0.6) is 0 Å². The number of aromatic carboxylic acids is 1. The molecule has 3 heteroatoms. The van der Waals surface area contributed by atoms with Crippen LogP contribution >= 0.6 is 0 Å². The molecule has 0 aliphatic heterocycles. The molecule has 0 aliphatic carbocycles. The zero-order valence-electron chi connectivity index (χ0n) is 8.00. The molecule has 0 fully saturated rings. The fourth-order valence-corrected chi connectivity index (χ4v) is 1.16. The van der Waals surface area contributed by atoms with Gasteiger partial charge in [0.2, 0.25) is 0 Å². The Balaban J connectivity index is 2.54. The lowest BCUT2D eigenvalue weighted by Gasteiger charge is -2.00. The molecule has 1 heterocycles. The fraction of sp³-hybridized carbons (Fsp3) is 0.500. The average molecular weight is 181 g/mol. The molecule has 1 aromatic heterocycles. The predicted octanol–water partition coefficient (Wildman–Crippen LogP) is 2.30. The third-order valence-corrected chi connectivity index (χ3v) is 1.98. The van der Waals surface area contributed by atoms with Crippen molar-refractivity contribution in [2.24, 2.45) is 5.92 Å². The Bertz CT molecular complexity index is 289. The first kappa shape index (κ1) is 9.84. The summed E-state index contributed by atoms with van der Waals surface area (Å²) in [4.78, 5) is 13.3. The number of carboxylic acids is 1. The maximum atomic E-state index is 10.5. The van der Waals surface area contributed by atoms with Crippen molar-refractivity contribution in [1.82, 2.24) is 4.98 Å². The van der Waals surface area contributed by atoms with Crippen molar-refractivity contribution in [2.75, 3.05) is 0 Å². The van der Waals surface area contributed by atoms with Gasteiger partial charge in [0, 0.05) is 6.20 Å². The minimum Gasteiger partial charge on any atom is -0.477 e. The molecule has 0 unspecified atom stereocenters. The van der Waals surface area contributed by atoms with Crippen molar-refractivity contribution < 1.29 is 9.90 Å². The summed E-state index contributed by atoms with van der Waals surface area (Å²) in [6.45, 7) is 4.32. The van der Waals surface area contributed by atoms with Gasteiger partial charge in [-0.3, -0.25) is 0 Å². The van der Waals surface area contributed by atoms with E-state index in [1.165, 1.54) is 0 Å². The summed E-state index contributed by atoms with van der Waals surface area (Å²) in [7, 11) is 0. The molecule has 0 aromatic carbocycles. The first-order valence-corrected chi connectivity index (χ1v) is 4.50. The van der Waals surface area contributed by atoms with Crippen LogP contribution in [0.25, 0.3) is 0 Å². The molecule has 72 valence electrons. The minimum atomic E-state index is -0.893. The van der Waals surface area contributed by atoms with Crippen LogP contribution in [0.1, 0.15) is 36.3 Å². The van der Waals surface area contributed by atoms with Crippen LogP contribution in [0.3, 0.4) is 0 Å². The minimum absolute atomic E-state index is 0.277. The Labute approximate surface area is 77.8 Å². The molecule has 0 spiro atoms. The molecule has 0 amide bonds. The van der Waals surface area contributed by atoms with Crippen LogP contribution in [0, 0.1) is 5.92 Å². The van der Waals surface area contributed by atoms with Crippen molar-refractivity contribution in [2.45, 2.75) is 26.7 Å². The van der Waals surface area contributed by atoms with Gasteiger partial charge in [0.05, 0.1) is 0 Å². The molecule has 1 rings (SSSR count). The normalized spacial score (nSPS) is 10.7. The van der Waals surface area contributed by atoms with E-state index in [0.717, 1.165) is 18.4 Å². The van der Waals surface area contributed by atoms with Crippen molar-refractivity contribution >= 4 is 5.97 Å². The van der Waals surface area contributed by atoms with E-state index in [-0.39, 0.29) is 5.69 Å². The van der Waals surface area contributed by atoms with E-state index in [9.17, 15) is 4.79 Å². The summed E-state index contributed by atoms with van der Waals surface area (Å²) in [5.74, 6) is -0.237. The van der Waals surface area contributed by atoms with Crippen molar-refractivity contribution in [1.29, 1.82) is 0 Å². The number of hydrogen-bond acceptors (Lipinski definition) is 1. The molecule has 0 saturated carbocycles. The van der Waals surface area contributed by atoms with Gasteiger partial charge in [-0.1, -0.05) is 13.8 Å². The van der Waals surface area contributed by atoms with Crippen molar-refractivity contribution in [3.05, 3.63) is 23.5 Å². The molecule has 1 aromatic rings. The second kappa shape index (κ2) is 4.12. The van der Waals surface area contributed by atoms with Gasteiger partial charge in [-0.15, -0.1) is 0 Å². The van der Waals surface area contributed by atoms with Crippen LogP contribution in [-0.4, -0.2) is 16.1 Å². The molecule has 2 N–H and O–H groups in total. The number of rotatable bonds is 4. The molecule has 0 atom stereocenters. The number of carbonyl (C=O) groups is 1. The van der Waals surface area contributed by atoms with Gasteiger partial charge in [0.1, 0.15) is 5.69 Å². The summed E-state index contributed by atoms with van der Waals surface area (Å²) in [5.41, 5.74) is 1.35. The summed E-state index contributed by atoms with van der Waals surface area (Å²) in [5, 5.41) is 8.64. The zero-order valence-corrected chi connectivity index (χ0v) is 8.00. The third-order valence-electron chi connectivity index (χ3n) is 1.98. The third kappa shape index (κ3) is 2.93. The number of H-pyrrole nitrogens is 1. The molecule has 0 aliphatic rings. The average Bonchev–Trinajstić information content (AvgIpc) is 2.48. The van der Waals surface area contributed by atoms with Crippen LogP contribution in [0.4, 0.5) is 0 Å². The van der Waals surface area contributed by atoms with Gasteiger partial charge in [0.25, 0.3) is 0 Å². The van der Waals surface area contributed by atoms with Gasteiger partial charge in [-0.25, -0.2) is 4.79 Å². The Morgan fingerprint density at radius 3 is 2.77 bits per heavy atom. The maximum Gasteiger partial charge on any atom is 0.352 e. The second-order valence-electron chi connectivity index (χ2n) is 3.66. The summed E-state index contributed by atoms with van der Waals surface area (Å²) < 4.78 is 0. The predicted molar refractivity (Wildman–Crippen MR) is 50.9 cm³/mol. The van der Waals surface area contributed by atoms with E-state index in [4.69, 9.17) is 5.11 Å². The van der Waals surface area contributed by atoms with Crippen LogP contribution in [-0.2, 0) is 6.42 Å². The molecule has 0 radical (unpaired) electrons. The highest BCUT2D eigenvalue weighted by Crippen LogP contribution is 2.10. The maximum absolute atomic E-state index is 10.5. The van der Waals surface area contributed by atoms with E-state index in [0.29, 0.717) is 5.92 Å². The van der Waals surface area contributed by atoms with Crippen LogP contribution < -0.4 is 0 Å². The highest BCUT2D eigenvalue weighted by Gasteiger charge is 2.05. The number of carboxylic acid groups (broad SMARTS) is 1. The number of hydrogen-bond donors (Lipinski definition) is 2. The quantitative estimate of drug-likeness (QED) is 0.748. The summed E-state index contributed by atoms with van der Waals surface area (Å²) in [6, 6.07) is 1.70. The fourth-order valence-electron chi connectivity index (χ4n) is 1.16. The number of aromatic amines is 1. The monoisotopic (exact) mass is 181 g/mol. The zero-order chi connectivity index (χ0) is 9.84. The van der Waals surface area contributed by atoms with E-state index in [1.807, 2.05) is 0 Å². The Morgan fingerprint density at radius 1 is 1.62 bits per heavy atom. The molecule has 0 bridgehead atoms. The standard InChI is InChI=1S/C10H15NO2/c1-7(2)3-4-8-5-9(10(12)13)11-6-8/h5-7,11H,3-4H2,1-2H3,(H,12,13). The van der Waals surface area contributed by atoms with Crippen LogP contribution in [0.2, 0.25) is 0 Å². The largest absolute Gasteiger partial charge is 0.477 e. The smallest absolute Gasteiger partial charge is 0.352 e. The molecular formula is C10H15NO2. The van der Waals surface area contributed by atoms with E-state index >= 15 is 0 Å². The van der Waals surface area contributed by atoms with Gasteiger partial charge in [-0.2, -0.15) is 0 Å². The Morgan fingerprint density at radius 2 is 2.31 bits per heavy atom. The summed E-state index contributed by atoms with van der Waals surface area (Å²) in [6.07, 6.45) is 3.81. The number of nitrogens with one attached hydrogen (secondary N) is 1. The highest BCUT2D eigenvalue weighted by atomic mass is 16.4. The lowest BCUT2D eigenvalue weighted by Crippen LogP contribution is -1.95. The van der Waals surface area contributed by atoms with Gasteiger partial charge in [0.15, 0.2) is 0 Å². The lowest BCUT2D eigenvalue weighted by atomic mass is 10.0. The van der Waals surface area contributed by atoms with E-state index in [1.54, 1.807) is 12.3 Å². The van der Waals surface area contributed by atoms with E-state index in [2.05, 4.69) is 18.8 Å². The topological polar surface area (TPSA) is 53.1 Å². The first-order chi connectivity index (χ1) is 6.09. The number of aromatic nitrogens is 1. The van der Waals surface area contributed by atoms with E-state index < -0.39 is 5.97 Å². The van der Waals surface area contributed by atoms with Crippen molar-refractivity contribution in [3.8, 4) is 0 Å². The Hall–Kier alpha value is -1.25. The number of aryl methyl sites for hydroxylation is 1. The molecular weight excluding hydrogens is 166 g/mol. The SMILES string of the molecule is CC(C)CCc1c[nH]c(C(=O)O)c1. The van der Waals surface area contributed by atoms with Crippen molar-refractivity contribution in [3.63, 3.8) is 0 Å². The lowest BCUT2D eigenvalue weighted by molar-refractivity contribution is 0.0691. The van der Waals surface area contributed by atoms with Gasteiger partial charge < -0.3 is 10.1 Å². The second-order valence-corrected chi connectivity index (χ2v) is 3.66. The Kier molecular flexibility index (Phi) is 3.12. The van der Waals surface area contributed by atoms with Crippen LogP contribution in [0.15, 0.2) is 12.3 Å². The van der Waals surface area contributed by atoms with Gasteiger partial charge in [-0.05, 0) is 30.4 Å². The molecule has 3 nitrogen and oxygen atoms in total. The molecule has 0 saturated heterocycles. The summed E-state index contributed by atoms with van der Waals surface area (Å²) >= 11 is 0. The first-order valence-electron chi connectivity index (χ1n) is 4.50.